The normalized spacial score (nSPS) is 23.6. The summed E-state index contributed by atoms with van der Waals surface area (Å²) in [6, 6.07) is 3.04. The van der Waals surface area contributed by atoms with Crippen LogP contribution in [-0.2, 0) is 9.53 Å². The molecule has 0 saturated carbocycles. The van der Waals surface area contributed by atoms with Gasteiger partial charge >= 0.3 is 0 Å². The zero-order chi connectivity index (χ0) is 12.3. The number of carbonyl (C=O) groups is 1. The van der Waals surface area contributed by atoms with Crippen molar-refractivity contribution in [1.29, 1.82) is 0 Å². The van der Waals surface area contributed by atoms with E-state index in [9.17, 15) is 9.90 Å². The predicted molar refractivity (Wildman–Crippen MR) is 61.5 cm³/mol. The molecule has 1 aliphatic heterocycles. The van der Waals surface area contributed by atoms with Crippen LogP contribution in [0.25, 0.3) is 0 Å². The Balaban J connectivity index is 1.96. The number of aromatic nitrogens is 1. The molecule has 0 radical (unpaired) electrons. The molecule has 2 atom stereocenters. The van der Waals surface area contributed by atoms with Gasteiger partial charge in [-0.25, -0.2) is 4.98 Å². The smallest absolute Gasteiger partial charge is 0.254 e. The van der Waals surface area contributed by atoms with Crippen molar-refractivity contribution in [2.24, 2.45) is 5.73 Å². The van der Waals surface area contributed by atoms with E-state index in [1.165, 1.54) is 12.3 Å². The maximum absolute atomic E-state index is 11.8. The van der Waals surface area contributed by atoms with Crippen LogP contribution in [-0.4, -0.2) is 34.8 Å². The lowest BCUT2D eigenvalue weighted by atomic mass is 10.2. The van der Waals surface area contributed by atoms with Gasteiger partial charge in [-0.2, -0.15) is 0 Å². The Labute approximate surface area is 98.8 Å². The lowest BCUT2D eigenvalue weighted by Crippen LogP contribution is -2.30. The number of aromatic hydroxyl groups is 1. The highest BCUT2D eigenvalue weighted by Gasteiger charge is 2.30. The van der Waals surface area contributed by atoms with Crippen LogP contribution in [0.1, 0.15) is 12.8 Å². The van der Waals surface area contributed by atoms with E-state index in [4.69, 9.17) is 10.5 Å². The summed E-state index contributed by atoms with van der Waals surface area (Å²) in [5, 5.41) is 12.0. The number of rotatable bonds is 3. The third-order valence-electron chi connectivity index (χ3n) is 2.69. The summed E-state index contributed by atoms with van der Waals surface area (Å²) in [5.74, 6) is -0.207. The van der Waals surface area contributed by atoms with Gasteiger partial charge in [-0.1, -0.05) is 0 Å². The number of nitrogens with one attached hydrogen (secondary N) is 1. The van der Waals surface area contributed by atoms with E-state index in [0.717, 1.165) is 6.42 Å². The van der Waals surface area contributed by atoms with E-state index < -0.39 is 6.10 Å². The Morgan fingerprint density at radius 1 is 1.65 bits per heavy atom. The number of pyridine rings is 1. The minimum Gasteiger partial charge on any atom is -0.504 e. The molecule has 1 fully saturated rings. The maximum atomic E-state index is 11.8. The summed E-state index contributed by atoms with van der Waals surface area (Å²) in [5.41, 5.74) is 5.46. The molecule has 6 nitrogen and oxygen atoms in total. The van der Waals surface area contributed by atoms with Crippen molar-refractivity contribution in [2.75, 3.05) is 11.9 Å². The minimum absolute atomic E-state index is 0.0527. The molecule has 2 heterocycles. The Morgan fingerprint density at radius 2 is 2.47 bits per heavy atom. The van der Waals surface area contributed by atoms with Crippen LogP contribution in [0.5, 0.6) is 5.75 Å². The number of nitrogens with zero attached hydrogens (tertiary/aromatic N) is 1. The Hall–Kier alpha value is -1.66. The second-order valence-electron chi connectivity index (χ2n) is 3.92. The van der Waals surface area contributed by atoms with E-state index in [1.54, 1.807) is 6.07 Å². The van der Waals surface area contributed by atoms with Gasteiger partial charge < -0.3 is 20.9 Å². The molecular formula is C11H15N3O3. The first kappa shape index (κ1) is 11.8. The topological polar surface area (TPSA) is 97.5 Å². The predicted octanol–water partition coefficient (Wildman–Crippen LogP) is 0.232. The van der Waals surface area contributed by atoms with E-state index >= 15 is 0 Å². The van der Waals surface area contributed by atoms with Crippen LogP contribution in [0.4, 0.5) is 5.82 Å². The summed E-state index contributed by atoms with van der Waals surface area (Å²) in [4.78, 5) is 15.7. The van der Waals surface area contributed by atoms with Gasteiger partial charge in [-0.3, -0.25) is 4.79 Å². The van der Waals surface area contributed by atoms with Crippen molar-refractivity contribution in [3.8, 4) is 5.75 Å². The molecule has 2 rings (SSSR count). The van der Waals surface area contributed by atoms with Gasteiger partial charge in [0, 0.05) is 12.7 Å². The number of hydrogen-bond donors (Lipinski definition) is 3. The quantitative estimate of drug-likeness (QED) is 0.699. The van der Waals surface area contributed by atoms with Gasteiger partial charge in [-0.15, -0.1) is 0 Å². The van der Waals surface area contributed by atoms with E-state index in [1.807, 2.05) is 0 Å². The van der Waals surface area contributed by atoms with Gasteiger partial charge in [0.25, 0.3) is 5.91 Å². The molecule has 0 bridgehead atoms. The number of amides is 1. The largest absolute Gasteiger partial charge is 0.504 e. The van der Waals surface area contributed by atoms with Gasteiger partial charge in [0.1, 0.15) is 6.10 Å². The third kappa shape index (κ3) is 2.72. The maximum Gasteiger partial charge on any atom is 0.254 e. The van der Waals surface area contributed by atoms with Gasteiger partial charge in [0.05, 0.1) is 6.10 Å². The Morgan fingerprint density at radius 3 is 3.12 bits per heavy atom. The SMILES string of the molecule is NC[C@H]1CC[C@@H](C(=O)Nc2ncccc2O)O1. The zero-order valence-electron chi connectivity index (χ0n) is 9.30. The van der Waals surface area contributed by atoms with Crippen molar-refractivity contribution in [1.82, 2.24) is 4.98 Å². The lowest BCUT2D eigenvalue weighted by Gasteiger charge is -2.12. The molecule has 4 N–H and O–H groups in total. The number of ether oxygens (including phenoxy) is 1. The zero-order valence-corrected chi connectivity index (χ0v) is 9.30. The van der Waals surface area contributed by atoms with Crippen LogP contribution in [0.3, 0.4) is 0 Å². The highest BCUT2D eigenvalue weighted by Crippen LogP contribution is 2.22. The summed E-state index contributed by atoms with van der Waals surface area (Å²) in [6.07, 6.45) is 2.35. The Kier molecular flexibility index (Phi) is 3.55. The molecule has 0 spiro atoms. The molecule has 1 aliphatic rings. The van der Waals surface area contributed by atoms with Crippen molar-refractivity contribution >= 4 is 11.7 Å². The molecule has 92 valence electrons. The number of anilines is 1. The number of carbonyl (C=O) groups excluding carboxylic acids is 1. The molecule has 1 saturated heterocycles. The van der Waals surface area contributed by atoms with Crippen LogP contribution in [0, 0.1) is 0 Å². The molecule has 1 aromatic rings. The van der Waals surface area contributed by atoms with Gasteiger partial charge in [-0.05, 0) is 25.0 Å². The first-order valence-corrected chi connectivity index (χ1v) is 5.51. The van der Waals surface area contributed by atoms with Crippen molar-refractivity contribution < 1.29 is 14.6 Å². The summed E-state index contributed by atoms with van der Waals surface area (Å²) >= 11 is 0. The van der Waals surface area contributed by atoms with Crippen molar-refractivity contribution in [3.63, 3.8) is 0 Å². The molecule has 1 amide bonds. The van der Waals surface area contributed by atoms with E-state index in [2.05, 4.69) is 10.3 Å². The molecule has 0 aromatic carbocycles. The van der Waals surface area contributed by atoms with Gasteiger partial charge in [0.15, 0.2) is 11.6 Å². The van der Waals surface area contributed by atoms with E-state index in [-0.39, 0.29) is 23.6 Å². The minimum atomic E-state index is -0.509. The second kappa shape index (κ2) is 5.11. The van der Waals surface area contributed by atoms with E-state index in [0.29, 0.717) is 13.0 Å². The first-order valence-electron chi connectivity index (χ1n) is 5.51. The molecule has 6 heteroatoms. The summed E-state index contributed by atoms with van der Waals surface area (Å²) in [7, 11) is 0. The fraction of sp³-hybridized carbons (Fsp3) is 0.455. The third-order valence-corrected chi connectivity index (χ3v) is 2.69. The molecule has 1 aromatic heterocycles. The van der Waals surface area contributed by atoms with Crippen molar-refractivity contribution in [2.45, 2.75) is 25.0 Å². The molecule has 0 aliphatic carbocycles. The highest BCUT2D eigenvalue weighted by molar-refractivity contribution is 5.94. The fourth-order valence-corrected chi connectivity index (χ4v) is 1.76. The average Bonchev–Trinajstić information content (AvgIpc) is 2.81. The van der Waals surface area contributed by atoms with Crippen LogP contribution < -0.4 is 11.1 Å². The van der Waals surface area contributed by atoms with Gasteiger partial charge in [0.2, 0.25) is 0 Å². The molecule has 17 heavy (non-hydrogen) atoms. The van der Waals surface area contributed by atoms with Crippen LogP contribution >= 0.6 is 0 Å². The summed E-state index contributed by atoms with van der Waals surface area (Å²) < 4.78 is 5.44. The average molecular weight is 237 g/mol. The number of nitrogens with two attached hydrogens (primary N) is 1. The first-order chi connectivity index (χ1) is 8.20. The standard InChI is InChI=1S/C11H15N3O3/c12-6-7-3-4-9(17-7)11(16)14-10-8(15)2-1-5-13-10/h1-2,5,7,9,15H,3-4,6,12H2,(H,13,14,16)/t7-,9+/m1/s1. The lowest BCUT2D eigenvalue weighted by molar-refractivity contribution is -0.126. The highest BCUT2D eigenvalue weighted by atomic mass is 16.5. The second-order valence-corrected chi connectivity index (χ2v) is 3.92. The fourth-order valence-electron chi connectivity index (χ4n) is 1.76. The Bertz CT molecular complexity index is 411. The van der Waals surface area contributed by atoms with Crippen LogP contribution in [0.15, 0.2) is 18.3 Å². The molecule has 0 unspecified atom stereocenters. The van der Waals surface area contributed by atoms with Crippen LogP contribution in [0.2, 0.25) is 0 Å². The monoisotopic (exact) mass is 237 g/mol. The molecular weight excluding hydrogens is 222 g/mol. The summed E-state index contributed by atoms with van der Waals surface area (Å²) in [6.45, 7) is 0.415. The number of hydrogen-bond acceptors (Lipinski definition) is 5. The van der Waals surface area contributed by atoms with Crippen molar-refractivity contribution in [3.05, 3.63) is 18.3 Å².